The number of aromatic nitrogens is 1. The molecular formula is C24H27IN4O. The first-order valence-electron chi connectivity index (χ1n) is 9.84. The van der Waals surface area contributed by atoms with Gasteiger partial charge in [-0.05, 0) is 110 Å². The smallest absolute Gasteiger partial charge is 0.259 e. The van der Waals surface area contributed by atoms with Crippen LogP contribution in [0.15, 0.2) is 47.6 Å². The normalized spacial score (nSPS) is 11.1. The van der Waals surface area contributed by atoms with Gasteiger partial charge < -0.3 is 9.88 Å². The van der Waals surface area contributed by atoms with Crippen molar-refractivity contribution in [3.8, 4) is 5.69 Å². The molecule has 0 unspecified atom stereocenters. The van der Waals surface area contributed by atoms with Crippen LogP contribution in [0.3, 0.4) is 0 Å². The second-order valence-corrected chi connectivity index (χ2v) is 8.70. The van der Waals surface area contributed by atoms with E-state index in [1.54, 1.807) is 6.21 Å². The maximum Gasteiger partial charge on any atom is 0.259 e. The van der Waals surface area contributed by atoms with Gasteiger partial charge in [-0.15, -0.1) is 0 Å². The average Bonchev–Trinajstić information content (AvgIpc) is 2.98. The molecule has 5 nitrogen and oxygen atoms in total. The van der Waals surface area contributed by atoms with Crippen molar-refractivity contribution in [1.29, 1.82) is 0 Å². The second-order valence-electron chi connectivity index (χ2n) is 7.54. The number of amides is 1. The van der Waals surface area contributed by atoms with Crippen LogP contribution in [0.25, 0.3) is 5.69 Å². The molecule has 1 heterocycles. The van der Waals surface area contributed by atoms with E-state index >= 15 is 0 Å². The molecule has 0 spiro atoms. The Balaban J connectivity index is 1.64. The summed E-state index contributed by atoms with van der Waals surface area (Å²) < 4.78 is 3.45. The molecule has 156 valence electrons. The van der Waals surface area contributed by atoms with Crippen molar-refractivity contribution in [2.45, 2.75) is 34.6 Å². The number of hydrogen-bond acceptors (Lipinski definition) is 3. The summed E-state index contributed by atoms with van der Waals surface area (Å²) in [5.41, 5.74) is 11.5. The fourth-order valence-electron chi connectivity index (χ4n) is 3.33. The number of benzene rings is 2. The number of rotatable bonds is 6. The largest absolute Gasteiger partial charge is 0.376 e. The molecule has 0 aliphatic rings. The van der Waals surface area contributed by atoms with E-state index in [2.05, 4.69) is 102 Å². The Morgan fingerprint density at radius 1 is 1.00 bits per heavy atom. The van der Waals surface area contributed by atoms with E-state index in [1.165, 1.54) is 20.3 Å². The fourth-order valence-corrected chi connectivity index (χ4v) is 3.67. The van der Waals surface area contributed by atoms with Crippen molar-refractivity contribution in [2.75, 3.05) is 11.9 Å². The lowest BCUT2D eigenvalue weighted by molar-refractivity contribution is -0.119. The predicted octanol–water partition coefficient (Wildman–Crippen LogP) is 5.19. The first kappa shape index (κ1) is 22.1. The molecule has 0 aliphatic carbocycles. The standard InChI is InChI=1S/C24H27IN4O/c1-15-6-7-21(10-16(15)2)26-14-24(30)28-27-13-20-12-18(4)29(19(20)5)22-8-9-23(25)17(3)11-22/h6-13,26H,14H2,1-5H3,(H,28,30)/b27-13-. The first-order chi connectivity index (χ1) is 14.3. The molecule has 0 fully saturated rings. The molecule has 3 aromatic rings. The zero-order chi connectivity index (χ0) is 21.8. The number of hydrogen-bond donors (Lipinski definition) is 2. The lowest BCUT2D eigenvalue weighted by atomic mass is 10.1. The third-order valence-corrected chi connectivity index (χ3v) is 6.43. The Labute approximate surface area is 191 Å². The SMILES string of the molecule is Cc1ccc(NCC(=O)N/N=C\c2cc(C)n(-c3ccc(I)c(C)c3)c2C)cc1C. The predicted molar refractivity (Wildman–Crippen MR) is 133 cm³/mol. The number of nitrogens with one attached hydrogen (secondary N) is 2. The molecule has 0 saturated heterocycles. The van der Waals surface area contributed by atoms with Gasteiger partial charge in [-0.1, -0.05) is 6.07 Å². The first-order valence-corrected chi connectivity index (χ1v) is 10.9. The van der Waals surface area contributed by atoms with Gasteiger partial charge in [-0.2, -0.15) is 5.10 Å². The van der Waals surface area contributed by atoms with Crippen LogP contribution in [-0.4, -0.2) is 23.2 Å². The van der Waals surface area contributed by atoms with Crippen LogP contribution in [0, 0.1) is 38.2 Å². The van der Waals surface area contributed by atoms with E-state index in [9.17, 15) is 4.79 Å². The highest BCUT2D eigenvalue weighted by molar-refractivity contribution is 14.1. The summed E-state index contributed by atoms with van der Waals surface area (Å²) in [6.45, 7) is 10.5. The average molecular weight is 514 g/mol. The molecule has 6 heteroatoms. The summed E-state index contributed by atoms with van der Waals surface area (Å²) in [7, 11) is 0. The van der Waals surface area contributed by atoms with Crippen molar-refractivity contribution in [3.63, 3.8) is 0 Å². The number of nitrogens with zero attached hydrogens (tertiary/aromatic N) is 2. The number of hydrazone groups is 1. The Bertz CT molecular complexity index is 1110. The maximum absolute atomic E-state index is 12.1. The van der Waals surface area contributed by atoms with Crippen molar-refractivity contribution in [1.82, 2.24) is 9.99 Å². The van der Waals surface area contributed by atoms with Crippen LogP contribution in [-0.2, 0) is 4.79 Å². The Kier molecular flexibility index (Phi) is 6.97. The summed E-state index contributed by atoms with van der Waals surface area (Å²) >= 11 is 2.34. The van der Waals surface area contributed by atoms with E-state index in [0.717, 1.165) is 28.3 Å². The molecule has 0 aliphatic heterocycles. The number of carbonyl (C=O) groups is 1. The molecule has 0 saturated carbocycles. The zero-order valence-corrected chi connectivity index (χ0v) is 20.2. The summed E-state index contributed by atoms with van der Waals surface area (Å²) in [5.74, 6) is -0.188. The van der Waals surface area contributed by atoms with Crippen molar-refractivity contribution in [3.05, 3.63) is 79.7 Å². The minimum Gasteiger partial charge on any atom is -0.376 e. The molecule has 1 aromatic heterocycles. The molecule has 3 rings (SSSR count). The summed E-state index contributed by atoms with van der Waals surface area (Å²) in [4.78, 5) is 12.1. The van der Waals surface area contributed by atoms with Crippen LogP contribution in [0.2, 0.25) is 0 Å². The van der Waals surface area contributed by atoms with Gasteiger partial charge in [0.15, 0.2) is 0 Å². The zero-order valence-electron chi connectivity index (χ0n) is 18.0. The minimum absolute atomic E-state index is 0.167. The van der Waals surface area contributed by atoms with Crippen LogP contribution in [0.1, 0.15) is 33.6 Å². The lowest BCUT2D eigenvalue weighted by Gasteiger charge is -2.11. The van der Waals surface area contributed by atoms with Crippen molar-refractivity contribution >= 4 is 40.4 Å². The topological polar surface area (TPSA) is 58.4 Å². The van der Waals surface area contributed by atoms with Gasteiger partial charge in [0, 0.05) is 31.9 Å². The molecule has 30 heavy (non-hydrogen) atoms. The molecule has 1 amide bonds. The van der Waals surface area contributed by atoms with Gasteiger partial charge in [0.05, 0.1) is 12.8 Å². The third-order valence-electron chi connectivity index (χ3n) is 5.22. The maximum atomic E-state index is 12.1. The summed E-state index contributed by atoms with van der Waals surface area (Å²) in [5, 5.41) is 7.27. The van der Waals surface area contributed by atoms with Crippen LogP contribution in [0.5, 0.6) is 0 Å². The van der Waals surface area contributed by atoms with E-state index < -0.39 is 0 Å². The Morgan fingerprint density at radius 3 is 2.47 bits per heavy atom. The van der Waals surface area contributed by atoms with Gasteiger partial charge in [0.2, 0.25) is 0 Å². The molecule has 0 radical (unpaired) electrons. The number of halogens is 1. The highest BCUT2D eigenvalue weighted by atomic mass is 127. The molecule has 0 atom stereocenters. The van der Waals surface area contributed by atoms with Gasteiger partial charge >= 0.3 is 0 Å². The number of anilines is 1. The van der Waals surface area contributed by atoms with Gasteiger partial charge in [0.25, 0.3) is 5.91 Å². The lowest BCUT2D eigenvalue weighted by Crippen LogP contribution is -2.25. The number of carbonyl (C=O) groups excluding carboxylic acids is 1. The highest BCUT2D eigenvalue weighted by Crippen LogP contribution is 2.22. The van der Waals surface area contributed by atoms with Gasteiger partial charge in [0.1, 0.15) is 0 Å². The van der Waals surface area contributed by atoms with Crippen LogP contribution in [0.4, 0.5) is 5.69 Å². The van der Waals surface area contributed by atoms with Gasteiger partial charge in [-0.3, -0.25) is 4.79 Å². The van der Waals surface area contributed by atoms with E-state index in [-0.39, 0.29) is 12.5 Å². The molecule has 2 N–H and O–H groups in total. The summed E-state index contributed by atoms with van der Waals surface area (Å²) in [6, 6.07) is 14.6. The molecular weight excluding hydrogens is 487 g/mol. The highest BCUT2D eigenvalue weighted by Gasteiger charge is 2.10. The van der Waals surface area contributed by atoms with Gasteiger partial charge in [-0.25, -0.2) is 5.43 Å². The van der Waals surface area contributed by atoms with E-state index in [4.69, 9.17) is 0 Å². The van der Waals surface area contributed by atoms with Crippen LogP contribution < -0.4 is 10.7 Å². The van der Waals surface area contributed by atoms with E-state index in [1.807, 2.05) is 18.2 Å². The fraction of sp³-hybridized carbons (Fsp3) is 0.250. The monoisotopic (exact) mass is 514 g/mol. The Morgan fingerprint density at radius 2 is 1.77 bits per heavy atom. The van der Waals surface area contributed by atoms with Crippen LogP contribution >= 0.6 is 22.6 Å². The quantitative estimate of drug-likeness (QED) is 0.271. The third kappa shape index (κ3) is 5.11. The second kappa shape index (κ2) is 9.47. The molecule has 0 bridgehead atoms. The van der Waals surface area contributed by atoms with Crippen molar-refractivity contribution in [2.24, 2.45) is 5.10 Å². The number of aryl methyl sites for hydroxylation is 4. The summed E-state index contributed by atoms with van der Waals surface area (Å²) in [6.07, 6.45) is 1.70. The minimum atomic E-state index is -0.188. The van der Waals surface area contributed by atoms with E-state index in [0.29, 0.717) is 0 Å². The van der Waals surface area contributed by atoms with Crippen molar-refractivity contribution < 1.29 is 4.79 Å². The Hall–Kier alpha value is -2.61. The molecule has 2 aromatic carbocycles.